The second-order valence-electron chi connectivity index (χ2n) is 1.86. The maximum atomic E-state index is 12.2. The van der Waals surface area contributed by atoms with Crippen LogP contribution in [0.4, 0.5) is 8.78 Å². The van der Waals surface area contributed by atoms with Gasteiger partial charge in [0.25, 0.3) is 0 Å². The van der Waals surface area contributed by atoms with Crippen LogP contribution in [0.25, 0.3) is 0 Å². The predicted molar refractivity (Wildman–Crippen MR) is 32.6 cm³/mol. The van der Waals surface area contributed by atoms with Crippen molar-refractivity contribution in [2.75, 3.05) is 0 Å². The number of halogens is 3. The first-order valence-corrected chi connectivity index (χ1v) is 2.94. The Morgan fingerprint density at radius 3 is 2.78 bits per heavy atom. The lowest BCUT2D eigenvalue weighted by atomic mass is 10.1. The van der Waals surface area contributed by atoms with Crippen LogP contribution in [0, 0.1) is 0 Å². The van der Waals surface area contributed by atoms with Gasteiger partial charge >= 0.3 is 0 Å². The summed E-state index contributed by atoms with van der Waals surface area (Å²) < 4.78 is 24.4. The first kappa shape index (κ1) is 6.75. The molecule has 1 aliphatic rings. The summed E-state index contributed by atoms with van der Waals surface area (Å²) >= 11 is 5.31. The van der Waals surface area contributed by atoms with E-state index in [2.05, 4.69) is 0 Å². The zero-order valence-electron chi connectivity index (χ0n) is 4.57. The largest absolute Gasteiger partial charge is 0.242 e. The molecule has 0 bridgehead atoms. The number of hydrogen-bond donors (Lipinski definition) is 0. The van der Waals surface area contributed by atoms with Gasteiger partial charge in [-0.25, -0.2) is 8.78 Å². The number of allylic oxidation sites excluding steroid dienone is 4. The molecule has 0 amide bonds. The third-order valence-corrected chi connectivity index (χ3v) is 1.26. The molecule has 9 heavy (non-hydrogen) atoms. The van der Waals surface area contributed by atoms with Gasteiger partial charge in [-0.15, -0.1) is 0 Å². The molecule has 3 heteroatoms. The van der Waals surface area contributed by atoms with Crippen LogP contribution in [0.15, 0.2) is 23.0 Å². The third-order valence-electron chi connectivity index (χ3n) is 1.02. The van der Waals surface area contributed by atoms with E-state index < -0.39 is 12.0 Å². The summed E-state index contributed by atoms with van der Waals surface area (Å²) in [4.78, 5) is 0. The lowest BCUT2D eigenvalue weighted by Crippen LogP contribution is -1.99. The Morgan fingerprint density at radius 1 is 1.67 bits per heavy atom. The first-order chi connectivity index (χ1) is 4.18. The highest BCUT2D eigenvalue weighted by Crippen LogP contribution is 2.22. The molecule has 0 saturated carbocycles. The van der Waals surface area contributed by atoms with Gasteiger partial charge < -0.3 is 0 Å². The van der Waals surface area contributed by atoms with Crippen LogP contribution in [-0.4, -0.2) is 6.17 Å². The highest BCUT2D eigenvalue weighted by molar-refractivity contribution is 6.31. The van der Waals surface area contributed by atoms with Crippen molar-refractivity contribution in [3.63, 3.8) is 0 Å². The Hall–Kier alpha value is -0.370. The predicted octanol–water partition coefficient (Wildman–Crippen LogP) is 2.70. The minimum Gasteiger partial charge on any atom is -0.242 e. The van der Waals surface area contributed by atoms with Crippen molar-refractivity contribution in [1.82, 2.24) is 0 Å². The molecule has 0 aromatic carbocycles. The van der Waals surface area contributed by atoms with E-state index in [4.69, 9.17) is 11.6 Å². The van der Waals surface area contributed by atoms with Gasteiger partial charge in [0.05, 0.1) is 0 Å². The molecule has 0 aromatic heterocycles. The summed E-state index contributed by atoms with van der Waals surface area (Å²) in [6.07, 6.45) is 0.890. The molecule has 0 saturated heterocycles. The molecular formula is C6H5ClF2. The molecule has 0 radical (unpaired) electrons. The third kappa shape index (κ3) is 1.79. The highest BCUT2D eigenvalue weighted by atomic mass is 35.5. The average Bonchev–Trinajstić information content (AvgIpc) is 1.59. The van der Waals surface area contributed by atoms with Crippen LogP contribution >= 0.6 is 11.6 Å². The van der Waals surface area contributed by atoms with E-state index in [9.17, 15) is 8.78 Å². The van der Waals surface area contributed by atoms with Crippen molar-refractivity contribution in [2.45, 2.75) is 12.6 Å². The fraction of sp³-hybridized carbons (Fsp3) is 0.333. The summed E-state index contributed by atoms with van der Waals surface area (Å²) in [6, 6.07) is 0. The SMILES string of the molecule is FC1=CC(Cl)=CC(F)C1. The van der Waals surface area contributed by atoms with E-state index >= 15 is 0 Å². The van der Waals surface area contributed by atoms with Gasteiger partial charge in [-0.2, -0.15) is 0 Å². The summed E-state index contributed by atoms with van der Waals surface area (Å²) in [5.41, 5.74) is 0. The second kappa shape index (κ2) is 2.48. The molecular weight excluding hydrogens is 146 g/mol. The van der Waals surface area contributed by atoms with E-state index in [1.54, 1.807) is 0 Å². The van der Waals surface area contributed by atoms with Crippen LogP contribution in [-0.2, 0) is 0 Å². The van der Waals surface area contributed by atoms with E-state index in [1.807, 2.05) is 0 Å². The monoisotopic (exact) mass is 150 g/mol. The number of alkyl halides is 1. The first-order valence-electron chi connectivity index (χ1n) is 2.56. The minimum absolute atomic E-state index is 0.145. The fourth-order valence-electron chi connectivity index (χ4n) is 0.675. The minimum atomic E-state index is -1.25. The smallest absolute Gasteiger partial charge is 0.126 e. The Kier molecular flexibility index (Phi) is 1.86. The molecule has 0 N–H and O–H groups in total. The molecule has 1 aliphatic carbocycles. The van der Waals surface area contributed by atoms with Crippen LogP contribution in [0.1, 0.15) is 6.42 Å². The van der Waals surface area contributed by atoms with Gasteiger partial charge in [0.2, 0.25) is 0 Å². The van der Waals surface area contributed by atoms with E-state index in [0.29, 0.717) is 0 Å². The van der Waals surface area contributed by atoms with E-state index in [-0.39, 0.29) is 11.5 Å². The van der Waals surface area contributed by atoms with Crippen LogP contribution in [0.3, 0.4) is 0 Å². The van der Waals surface area contributed by atoms with Gasteiger partial charge in [0.1, 0.15) is 12.0 Å². The number of rotatable bonds is 0. The Labute approximate surface area is 56.8 Å². The van der Waals surface area contributed by atoms with E-state index in [0.717, 1.165) is 6.08 Å². The topological polar surface area (TPSA) is 0 Å². The molecule has 0 aromatic rings. The molecule has 50 valence electrons. The van der Waals surface area contributed by atoms with Crippen molar-refractivity contribution in [1.29, 1.82) is 0 Å². The van der Waals surface area contributed by atoms with Crippen molar-refractivity contribution >= 4 is 11.6 Å². The molecule has 0 nitrogen and oxygen atoms in total. The second-order valence-corrected chi connectivity index (χ2v) is 2.30. The zero-order chi connectivity index (χ0) is 6.85. The maximum Gasteiger partial charge on any atom is 0.126 e. The standard InChI is InChI=1S/C6H5ClF2/c7-4-1-5(8)3-6(9)2-4/h1-2,5H,3H2. The molecule has 0 spiro atoms. The van der Waals surface area contributed by atoms with Gasteiger partial charge in [-0.3, -0.25) is 0 Å². The van der Waals surface area contributed by atoms with Crippen molar-refractivity contribution < 1.29 is 8.78 Å². The van der Waals surface area contributed by atoms with Gasteiger partial charge in [-0.05, 0) is 12.2 Å². The Bertz CT molecular complexity index is 172. The van der Waals surface area contributed by atoms with Crippen LogP contribution < -0.4 is 0 Å². The van der Waals surface area contributed by atoms with Crippen molar-refractivity contribution in [3.05, 3.63) is 23.0 Å². The summed E-state index contributed by atoms with van der Waals surface area (Å²) in [7, 11) is 0. The quantitative estimate of drug-likeness (QED) is 0.498. The number of hydrogen-bond acceptors (Lipinski definition) is 0. The maximum absolute atomic E-state index is 12.2. The molecule has 1 atom stereocenters. The molecule has 0 fully saturated rings. The summed E-state index contributed by atoms with van der Waals surface area (Å²) in [5, 5.41) is 0.145. The Morgan fingerprint density at radius 2 is 2.33 bits per heavy atom. The van der Waals surface area contributed by atoms with Gasteiger partial charge in [0.15, 0.2) is 0 Å². The van der Waals surface area contributed by atoms with Gasteiger partial charge in [-0.1, -0.05) is 11.6 Å². The van der Waals surface area contributed by atoms with Crippen LogP contribution in [0.2, 0.25) is 0 Å². The molecule has 0 aliphatic heterocycles. The molecule has 1 unspecified atom stereocenters. The van der Waals surface area contributed by atoms with Crippen molar-refractivity contribution in [3.8, 4) is 0 Å². The van der Waals surface area contributed by atoms with Crippen molar-refractivity contribution in [2.24, 2.45) is 0 Å². The Balaban J connectivity index is 2.74. The highest BCUT2D eigenvalue weighted by Gasteiger charge is 2.12. The molecule has 0 heterocycles. The van der Waals surface area contributed by atoms with E-state index in [1.165, 1.54) is 6.08 Å². The van der Waals surface area contributed by atoms with Crippen LogP contribution in [0.5, 0.6) is 0 Å². The lowest BCUT2D eigenvalue weighted by molar-refractivity contribution is 0.368. The summed E-state index contributed by atoms with van der Waals surface area (Å²) in [5.74, 6) is -0.491. The summed E-state index contributed by atoms with van der Waals surface area (Å²) in [6.45, 7) is 0. The fourth-order valence-corrected chi connectivity index (χ4v) is 0.930. The lowest BCUT2D eigenvalue weighted by Gasteiger charge is -2.05. The zero-order valence-corrected chi connectivity index (χ0v) is 5.33. The van der Waals surface area contributed by atoms with Gasteiger partial charge in [0, 0.05) is 11.5 Å². The molecule has 1 rings (SSSR count). The normalized spacial score (nSPS) is 27.2. The average molecular weight is 151 g/mol.